The number of pyridine rings is 1. The number of nitrogens with one attached hydrogen (secondary N) is 2. The zero-order valence-electron chi connectivity index (χ0n) is 17.6. The monoisotopic (exact) mass is 450 g/mol. The molecular weight excluding hydrogens is 424 g/mol. The second-order valence-electron chi connectivity index (χ2n) is 7.56. The Morgan fingerprint density at radius 3 is 2.23 bits per heavy atom. The Morgan fingerprint density at radius 1 is 1.00 bits per heavy atom. The van der Waals surface area contributed by atoms with Gasteiger partial charge in [0.1, 0.15) is 5.69 Å². The van der Waals surface area contributed by atoms with E-state index in [4.69, 9.17) is 0 Å². The highest BCUT2D eigenvalue weighted by Crippen LogP contribution is 2.30. The maximum atomic E-state index is 12.4. The van der Waals surface area contributed by atoms with Crippen molar-refractivity contribution in [3.05, 3.63) is 58.5 Å². The number of anilines is 2. The Labute approximate surface area is 177 Å². The lowest BCUT2D eigenvalue weighted by Gasteiger charge is -2.17. The maximum Gasteiger partial charge on any atom is 0.247 e. The number of hydrogen-bond acceptors (Lipinski definition) is 6. The van der Waals surface area contributed by atoms with Gasteiger partial charge >= 0.3 is 0 Å². The van der Waals surface area contributed by atoms with Crippen LogP contribution in [0.1, 0.15) is 28.1 Å². The molecule has 2 heterocycles. The summed E-state index contributed by atoms with van der Waals surface area (Å²) in [6.45, 7) is 8.31. The number of sulfonamides is 1. The highest BCUT2D eigenvalue weighted by Gasteiger charge is 2.22. The van der Waals surface area contributed by atoms with Crippen LogP contribution in [0.4, 0.5) is 11.4 Å². The third-order valence-corrected chi connectivity index (χ3v) is 8.48. The minimum atomic E-state index is -4.10. The lowest BCUT2D eigenvalue weighted by atomic mass is 10.0. The number of sulfone groups is 1. The first-order valence-electron chi connectivity index (χ1n) is 9.33. The Bertz CT molecular complexity index is 1310. The minimum Gasteiger partial charge on any atom is -0.376 e. The van der Waals surface area contributed by atoms with E-state index in [0.29, 0.717) is 17.9 Å². The molecule has 0 amide bonds. The second kappa shape index (κ2) is 7.92. The van der Waals surface area contributed by atoms with Gasteiger partial charge < -0.3 is 9.72 Å². The van der Waals surface area contributed by atoms with Crippen molar-refractivity contribution in [1.29, 1.82) is 0 Å². The molecule has 0 aliphatic heterocycles. The fourth-order valence-electron chi connectivity index (χ4n) is 3.38. The minimum absolute atomic E-state index is 0.252. The van der Waals surface area contributed by atoms with Gasteiger partial charge in [-0.05, 0) is 50.5 Å². The van der Waals surface area contributed by atoms with Gasteiger partial charge in [-0.15, -0.1) is 0 Å². The standard InChI is InChI=1S/C20H26N4O4S2/c1-13-7-6-8-14(2)17(13)11-21-19-18(23-30(27,28)12-29(5,25)26)9-10-24-16(4)15(3)22-20(19)24/h6-10,21,23H,11-12H2,1-5H3. The molecule has 0 spiro atoms. The second-order valence-corrected chi connectivity index (χ2v) is 11.8. The summed E-state index contributed by atoms with van der Waals surface area (Å²) in [5.74, 6) is 0. The third kappa shape index (κ3) is 4.76. The number of fused-ring (bicyclic) bond motifs is 1. The first-order valence-corrected chi connectivity index (χ1v) is 13.0. The summed E-state index contributed by atoms with van der Waals surface area (Å²) < 4.78 is 52.1. The van der Waals surface area contributed by atoms with Crippen LogP contribution >= 0.6 is 0 Å². The molecule has 8 nitrogen and oxygen atoms in total. The van der Waals surface area contributed by atoms with Crippen molar-refractivity contribution in [2.45, 2.75) is 34.2 Å². The summed E-state index contributed by atoms with van der Waals surface area (Å²) in [6, 6.07) is 7.63. The Hall–Kier alpha value is -2.59. The molecule has 2 N–H and O–H groups in total. The first kappa shape index (κ1) is 22.1. The van der Waals surface area contributed by atoms with E-state index in [2.05, 4.69) is 15.0 Å². The number of nitrogens with zero attached hydrogens (tertiary/aromatic N) is 2. The fourth-order valence-corrected chi connectivity index (χ4v) is 6.38. The molecule has 30 heavy (non-hydrogen) atoms. The summed E-state index contributed by atoms with van der Waals surface area (Å²) in [6.07, 6.45) is 2.60. The van der Waals surface area contributed by atoms with Crippen molar-refractivity contribution in [1.82, 2.24) is 9.38 Å². The lowest BCUT2D eigenvalue weighted by Crippen LogP contribution is -2.23. The van der Waals surface area contributed by atoms with Gasteiger partial charge in [0.15, 0.2) is 20.6 Å². The van der Waals surface area contributed by atoms with Gasteiger partial charge in [-0.25, -0.2) is 21.8 Å². The van der Waals surface area contributed by atoms with Crippen molar-refractivity contribution < 1.29 is 16.8 Å². The largest absolute Gasteiger partial charge is 0.376 e. The molecule has 1 aromatic carbocycles. The van der Waals surface area contributed by atoms with Gasteiger partial charge in [0.25, 0.3) is 0 Å². The Kier molecular flexibility index (Phi) is 5.83. The van der Waals surface area contributed by atoms with Crippen LogP contribution < -0.4 is 10.0 Å². The number of aromatic nitrogens is 2. The highest BCUT2D eigenvalue weighted by atomic mass is 32.3. The third-order valence-electron chi connectivity index (χ3n) is 4.99. The van der Waals surface area contributed by atoms with E-state index in [9.17, 15) is 16.8 Å². The van der Waals surface area contributed by atoms with E-state index in [1.165, 1.54) is 0 Å². The number of benzene rings is 1. The highest BCUT2D eigenvalue weighted by molar-refractivity contribution is 8.08. The summed E-state index contributed by atoms with van der Waals surface area (Å²) in [5.41, 5.74) is 6.40. The van der Waals surface area contributed by atoms with E-state index in [-0.39, 0.29) is 5.69 Å². The van der Waals surface area contributed by atoms with E-state index in [0.717, 1.165) is 34.3 Å². The number of hydrogen-bond donors (Lipinski definition) is 2. The molecule has 0 saturated carbocycles. The molecule has 162 valence electrons. The van der Waals surface area contributed by atoms with Gasteiger partial charge in [0.2, 0.25) is 10.0 Å². The van der Waals surface area contributed by atoms with Crippen molar-refractivity contribution >= 4 is 36.9 Å². The van der Waals surface area contributed by atoms with E-state index >= 15 is 0 Å². The van der Waals surface area contributed by atoms with Crippen LogP contribution in [-0.2, 0) is 26.4 Å². The summed E-state index contributed by atoms with van der Waals surface area (Å²) in [4.78, 5) is 4.58. The van der Waals surface area contributed by atoms with Crippen LogP contribution in [0.15, 0.2) is 30.5 Å². The smallest absolute Gasteiger partial charge is 0.247 e. The quantitative estimate of drug-likeness (QED) is 0.573. The van der Waals surface area contributed by atoms with Crippen molar-refractivity contribution in [3.63, 3.8) is 0 Å². The van der Waals surface area contributed by atoms with Gasteiger partial charge in [0.05, 0.1) is 11.4 Å². The number of rotatable bonds is 7. The zero-order chi connectivity index (χ0) is 22.3. The topological polar surface area (TPSA) is 110 Å². The Balaban J connectivity index is 2.07. The van der Waals surface area contributed by atoms with Crippen molar-refractivity contribution in [3.8, 4) is 0 Å². The summed E-state index contributed by atoms with van der Waals surface area (Å²) >= 11 is 0. The fraction of sp³-hybridized carbons (Fsp3) is 0.350. The van der Waals surface area contributed by atoms with Gasteiger partial charge in [-0.2, -0.15) is 0 Å². The molecule has 0 bridgehead atoms. The van der Waals surface area contributed by atoms with E-state index in [1.54, 1.807) is 12.3 Å². The lowest BCUT2D eigenvalue weighted by molar-refractivity contribution is 0.595. The molecule has 0 saturated heterocycles. The van der Waals surface area contributed by atoms with Crippen molar-refractivity contribution in [2.75, 3.05) is 21.4 Å². The molecule has 0 unspecified atom stereocenters. The van der Waals surface area contributed by atoms with Crippen LogP contribution in [-0.4, -0.2) is 37.6 Å². The first-order chi connectivity index (χ1) is 13.9. The van der Waals surface area contributed by atoms with Crippen LogP contribution in [0.3, 0.4) is 0 Å². The van der Waals surface area contributed by atoms with E-state index < -0.39 is 24.9 Å². The van der Waals surface area contributed by atoms with Crippen LogP contribution in [0.25, 0.3) is 5.65 Å². The van der Waals surface area contributed by atoms with Gasteiger partial charge in [0, 0.05) is 24.7 Å². The zero-order valence-corrected chi connectivity index (χ0v) is 19.3. The van der Waals surface area contributed by atoms with Gasteiger partial charge in [-0.1, -0.05) is 18.2 Å². The van der Waals surface area contributed by atoms with Crippen molar-refractivity contribution in [2.24, 2.45) is 0 Å². The van der Waals surface area contributed by atoms with E-state index in [1.807, 2.05) is 50.3 Å². The van der Waals surface area contributed by atoms with Crippen LogP contribution in [0.5, 0.6) is 0 Å². The summed E-state index contributed by atoms with van der Waals surface area (Å²) in [7, 11) is -7.82. The number of aryl methyl sites for hydroxylation is 4. The molecule has 3 aromatic rings. The Morgan fingerprint density at radius 2 is 1.63 bits per heavy atom. The average molecular weight is 451 g/mol. The normalized spacial score (nSPS) is 12.3. The molecule has 0 aliphatic rings. The molecule has 0 aliphatic carbocycles. The van der Waals surface area contributed by atoms with Gasteiger partial charge in [-0.3, -0.25) is 4.72 Å². The number of imidazole rings is 1. The predicted molar refractivity (Wildman–Crippen MR) is 120 cm³/mol. The average Bonchev–Trinajstić information content (AvgIpc) is 2.88. The van der Waals surface area contributed by atoms with Crippen LogP contribution in [0, 0.1) is 27.7 Å². The molecule has 10 heteroatoms. The molecule has 0 atom stereocenters. The molecular formula is C20H26N4O4S2. The molecule has 0 fully saturated rings. The summed E-state index contributed by atoms with van der Waals surface area (Å²) in [5, 5.41) is 2.33. The van der Waals surface area contributed by atoms with Crippen LogP contribution in [0.2, 0.25) is 0 Å². The predicted octanol–water partition coefficient (Wildman–Crippen LogP) is 2.92. The molecule has 0 radical (unpaired) electrons. The SMILES string of the molecule is Cc1cccc(C)c1CNc1c(NS(=O)(=O)CS(C)(=O)=O)ccn2c(C)c(C)nc12. The maximum absolute atomic E-state index is 12.4. The molecule has 3 rings (SSSR count). The molecule has 2 aromatic heterocycles.